The maximum atomic E-state index is 12.0. The van der Waals surface area contributed by atoms with Crippen molar-refractivity contribution in [3.63, 3.8) is 0 Å². The monoisotopic (exact) mass is 311 g/mol. The summed E-state index contributed by atoms with van der Waals surface area (Å²) >= 11 is 9.04. The fourth-order valence-corrected chi connectivity index (χ4v) is 2.35. The lowest BCUT2D eigenvalue weighted by Crippen LogP contribution is -2.21. The maximum Gasteiger partial charge on any atom is 0.334 e. The normalized spacial score (nSPS) is 10.2. The quantitative estimate of drug-likeness (QED) is 0.812. The maximum absolute atomic E-state index is 12.0. The third kappa shape index (κ3) is 1.90. The molecule has 1 aromatic carbocycles. The third-order valence-corrected chi connectivity index (χ3v) is 3.38. The van der Waals surface area contributed by atoms with E-state index in [1.54, 1.807) is 31.3 Å². The standard InChI is InChI=1S/C11H7BrClN3O/c1-15-9(6-14)10(12)16(11(15)17)8-4-2-7(13)3-5-8/h2-5H,1H3. The number of nitriles is 1. The second-order valence-corrected chi connectivity index (χ2v) is 4.59. The molecule has 0 unspecified atom stereocenters. The predicted octanol–water partition coefficient (Wildman–Crippen LogP) is 2.46. The average Bonchev–Trinajstić information content (AvgIpc) is 2.52. The number of aromatic nitrogens is 2. The highest BCUT2D eigenvalue weighted by molar-refractivity contribution is 9.10. The molecule has 0 radical (unpaired) electrons. The molecule has 0 aliphatic heterocycles. The van der Waals surface area contributed by atoms with Gasteiger partial charge in [0, 0.05) is 12.1 Å². The molecule has 0 saturated carbocycles. The SMILES string of the molecule is Cn1c(C#N)c(Br)n(-c2ccc(Cl)cc2)c1=O. The highest BCUT2D eigenvalue weighted by atomic mass is 79.9. The summed E-state index contributed by atoms with van der Waals surface area (Å²) in [5.74, 6) is 0. The molecule has 1 heterocycles. The van der Waals surface area contributed by atoms with Gasteiger partial charge in [0.25, 0.3) is 0 Å². The molecule has 2 aromatic rings. The first-order chi connectivity index (χ1) is 8.06. The van der Waals surface area contributed by atoms with E-state index in [0.717, 1.165) is 0 Å². The number of rotatable bonds is 1. The Morgan fingerprint density at radius 1 is 1.35 bits per heavy atom. The van der Waals surface area contributed by atoms with Crippen LogP contribution >= 0.6 is 27.5 Å². The fraction of sp³-hybridized carbons (Fsp3) is 0.0909. The average molecular weight is 313 g/mol. The minimum absolute atomic E-state index is 0.282. The Hall–Kier alpha value is -1.51. The molecule has 0 saturated heterocycles. The zero-order valence-corrected chi connectivity index (χ0v) is 11.2. The summed E-state index contributed by atoms with van der Waals surface area (Å²) in [6.07, 6.45) is 0. The van der Waals surface area contributed by atoms with E-state index >= 15 is 0 Å². The van der Waals surface area contributed by atoms with E-state index in [4.69, 9.17) is 16.9 Å². The van der Waals surface area contributed by atoms with Crippen molar-refractivity contribution in [2.24, 2.45) is 7.05 Å². The number of nitrogens with zero attached hydrogens (tertiary/aromatic N) is 3. The summed E-state index contributed by atoms with van der Waals surface area (Å²) in [5, 5.41) is 9.55. The number of imidazole rings is 1. The van der Waals surface area contributed by atoms with E-state index in [1.165, 1.54) is 9.13 Å². The summed E-state index contributed by atoms with van der Waals surface area (Å²) in [7, 11) is 1.55. The van der Waals surface area contributed by atoms with Crippen LogP contribution in [0.2, 0.25) is 5.02 Å². The lowest BCUT2D eigenvalue weighted by atomic mass is 10.3. The summed E-state index contributed by atoms with van der Waals surface area (Å²) in [6, 6.07) is 8.79. The van der Waals surface area contributed by atoms with Gasteiger partial charge in [-0.05, 0) is 40.2 Å². The Kier molecular flexibility index (Phi) is 3.09. The summed E-state index contributed by atoms with van der Waals surface area (Å²) in [6.45, 7) is 0. The molecule has 0 aliphatic carbocycles. The third-order valence-electron chi connectivity index (χ3n) is 2.40. The van der Waals surface area contributed by atoms with Crippen LogP contribution in [0.5, 0.6) is 0 Å². The molecule has 4 nitrogen and oxygen atoms in total. The van der Waals surface area contributed by atoms with Crippen molar-refractivity contribution < 1.29 is 0 Å². The van der Waals surface area contributed by atoms with E-state index < -0.39 is 0 Å². The first kappa shape index (κ1) is 12.0. The Morgan fingerprint density at radius 3 is 2.41 bits per heavy atom. The minimum Gasteiger partial charge on any atom is -0.285 e. The highest BCUT2D eigenvalue weighted by Gasteiger charge is 2.16. The number of halogens is 2. The Bertz CT molecular complexity index is 664. The molecule has 0 bridgehead atoms. The molecule has 86 valence electrons. The molecular weight excluding hydrogens is 305 g/mol. The van der Waals surface area contributed by atoms with Crippen LogP contribution in [0.1, 0.15) is 5.69 Å². The van der Waals surface area contributed by atoms with Crippen LogP contribution in [-0.2, 0) is 7.05 Å². The zero-order chi connectivity index (χ0) is 12.6. The van der Waals surface area contributed by atoms with Crippen LogP contribution in [0, 0.1) is 11.3 Å². The van der Waals surface area contributed by atoms with E-state index in [0.29, 0.717) is 15.3 Å². The van der Waals surface area contributed by atoms with E-state index in [2.05, 4.69) is 15.9 Å². The molecule has 0 atom stereocenters. The van der Waals surface area contributed by atoms with Gasteiger partial charge in [0.2, 0.25) is 0 Å². The lowest BCUT2D eigenvalue weighted by Gasteiger charge is -2.02. The zero-order valence-electron chi connectivity index (χ0n) is 8.82. The van der Waals surface area contributed by atoms with Crippen LogP contribution in [0.15, 0.2) is 33.7 Å². The molecule has 2 rings (SSSR count). The topological polar surface area (TPSA) is 50.7 Å². The van der Waals surface area contributed by atoms with Gasteiger partial charge in [-0.15, -0.1) is 0 Å². The van der Waals surface area contributed by atoms with Crippen molar-refractivity contribution in [2.45, 2.75) is 0 Å². The molecule has 0 fully saturated rings. The Balaban J connectivity index is 2.73. The summed E-state index contributed by atoms with van der Waals surface area (Å²) in [5.41, 5.74) is 0.657. The lowest BCUT2D eigenvalue weighted by molar-refractivity contribution is 0.814. The molecule has 0 aliphatic rings. The van der Waals surface area contributed by atoms with Crippen LogP contribution in [-0.4, -0.2) is 9.13 Å². The van der Waals surface area contributed by atoms with Crippen LogP contribution in [0.25, 0.3) is 5.69 Å². The van der Waals surface area contributed by atoms with Gasteiger partial charge < -0.3 is 0 Å². The van der Waals surface area contributed by atoms with Gasteiger partial charge in [0.15, 0.2) is 5.69 Å². The van der Waals surface area contributed by atoms with Gasteiger partial charge >= 0.3 is 5.69 Å². The smallest absolute Gasteiger partial charge is 0.285 e. The van der Waals surface area contributed by atoms with Crippen molar-refractivity contribution in [3.8, 4) is 11.8 Å². The number of hydrogen-bond donors (Lipinski definition) is 0. The molecule has 0 N–H and O–H groups in total. The second kappa shape index (κ2) is 4.40. The fourth-order valence-electron chi connectivity index (χ4n) is 1.51. The van der Waals surface area contributed by atoms with Gasteiger partial charge in [0.05, 0.1) is 5.69 Å². The van der Waals surface area contributed by atoms with Gasteiger partial charge in [0.1, 0.15) is 10.7 Å². The van der Waals surface area contributed by atoms with Crippen LogP contribution in [0.4, 0.5) is 0 Å². The van der Waals surface area contributed by atoms with Gasteiger partial charge in [-0.1, -0.05) is 11.6 Å². The van der Waals surface area contributed by atoms with E-state index in [1.807, 2.05) is 6.07 Å². The van der Waals surface area contributed by atoms with Crippen molar-refractivity contribution in [2.75, 3.05) is 0 Å². The summed E-state index contributed by atoms with van der Waals surface area (Å²) < 4.78 is 3.14. The van der Waals surface area contributed by atoms with Crippen molar-refractivity contribution >= 4 is 27.5 Å². The molecule has 6 heteroatoms. The first-order valence-corrected chi connectivity index (χ1v) is 5.86. The van der Waals surface area contributed by atoms with Crippen molar-refractivity contribution in [3.05, 3.63) is 50.1 Å². The molecule has 17 heavy (non-hydrogen) atoms. The van der Waals surface area contributed by atoms with Gasteiger partial charge in [-0.2, -0.15) is 5.26 Å². The molecule has 0 spiro atoms. The Labute approximate surface area is 111 Å². The van der Waals surface area contributed by atoms with Crippen LogP contribution in [0.3, 0.4) is 0 Å². The highest BCUT2D eigenvalue weighted by Crippen LogP contribution is 2.20. The number of hydrogen-bond acceptors (Lipinski definition) is 2. The van der Waals surface area contributed by atoms with E-state index in [9.17, 15) is 4.79 Å². The predicted molar refractivity (Wildman–Crippen MR) is 68.4 cm³/mol. The van der Waals surface area contributed by atoms with Crippen LogP contribution < -0.4 is 5.69 Å². The Morgan fingerprint density at radius 2 is 1.94 bits per heavy atom. The second-order valence-electron chi connectivity index (χ2n) is 3.40. The van der Waals surface area contributed by atoms with Gasteiger partial charge in [-0.25, -0.2) is 4.79 Å². The minimum atomic E-state index is -0.282. The first-order valence-electron chi connectivity index (χ1n) is 4.69. The van der Waals surface area contributed by atoms with Crippen molar-refractivity contribution in [1.29, 1.82) is 5.26 Å². The number of benzene rings is 1. The summed E-state index contributed by atoms with van der Waals surface area (Å²) in [4.78, 5) is 12.0. The largest absolute Gasteiger partial charge is 0.334 e. The molecule has 1 aromatic heterocycles. The van der Waals surface area contributed by atoms with E-state index in [-0.39, 0.29) is 11.4 Å². The van der Waals surface area contributed by atoms with Crippen molar-refractivity contribution in [1.82, 2.24) is 9.13 Å². The molecule has 0 amide bonds. The molecular formula is C11H7BrClN3O. The van der Waals surface area contributed by atoms with Gasteiger partial charge in [-0.3, -0.25) is 9.13 Å².